The zero-order valence-electron chi connectivity index (χ0n) is 12.8. The fourth-order valence-electron chi connectivity index (χ4n) is 2.69. The first-order valence-electron chi connectivity index (χ1n) is 7.70. The van der Waals surface area contributed by atoms with Gasteiger partial charge in [0.25, 0.3) is 0 Å². The number of aromatic nitrogens is 4. The lowest BCUT2D eigenvalue weighted by atomic mass is 10.1. The largest absolute Gasteiger partial charge is 0.487 e. The van der Waals surface area contributed by atoms with E-state index in [1.165, 1.54) is 0 Å². The Bertz CT molecular complexity index is 859. The van der Waals surface area contributed by atoms with Gasteiger partial charge in [-0.15, -0.1) is 0 Å². The first-order valence-corrected chi connectivity index (χ1v) is 7.70. The maximum atomic E-state index is 13.8. The molecule has 1 N–H and O–H groups in total. The number of halogens is 2. The molecule has 0 aliphatic carbocycles. The summed E-state index contributed by atoms with van der Waals surface area (Å²) in [4.78, 5) is 0. The molecule has 2 aromatic heterocycles. The summed E-state index contributed by atoms with van der Waals surface area (Å²) >= 11 is 0. The smallest absolute Gasteiger partial charge is 0.304 e. The van der Waals surface area contributed by atoms with Gasteiger partial charge in [-0.05, 0) is 24.6 Å². The summed E-state index contributed by atoms with van der Waals surface area (Å²) in [6.45, 7) is -0.542. The normalized spacial score (nSPS) is 18.1. The average Bonchev–Trinajstić information content (AvgIpc) is 3.18. The molecule has 0 atom stereocenters. The van der Waals surface area contributed by atoms with Crippen molar-refractivity contribution in [2.75, 3.05) is 19.8 Å². The van der Waals surface area contributed by atoms with Gasteiger partial charge in [0.2, 0.25) is 0 Å². The van der Waals surface area contributed by atoms with Gasteiger partial charge in [0.15, 0.2) is 6.61 Å². The van der Waals surface area contributed by atoms with E-state index >= 15 is 0 Å². The molecule has 1 aromatic carbocycles. The second-order valence-corrected chi connectivity index (χ2v) is 5.82. The van der Waals surface area contributed by atoms with E-state index in [1.807, 2.05) is 6.20 Å². The number of aryl methyl sites for hydroxylation is 1. The number of H-pyrrole nitrogens is 1. The Morgan fingerprint density at radius 2 is 2.17 bits per heavy atom. The van der Waals surface area contributed by atoms with E-state index in [-0.39, 0.29) is 6.61 Å². The lowest BCUT2D eigenvalue weighted by Crippen LogP contribution is -2.31. The fourth-order valence-corrected chi connectivity index (χ4v) is 2.69. The van der Waals surface area contributed by atoms with Crippen molar-refractivity contribution in [1.82, 2.24) is 20.0 Å². The summed E-state index contributed by atoms with van der Waals surface area (Å²) in [7, 11) is 0. The van der Waals surface area contributed by atoms with Gasteiger partial charge in [-0.1, -0.05) is 0 Å². The maximum Gasteiger partial charge on any atom is 0.304 e. The number of hydrogen-bond donors (Lipinski definition) is 1. The molecule has 8 heteroatoms. The molecule has 0 unspecified atom stereocenters. The third-order valence-electron chi connectivity index (χ3n) is 3.88. The molecule has 0 saturated carbocycles. The van der Waals surface area contributed by atoms with Crippen molar-refractivity contribution in [3.8, 4) is 17.0 Å². The minimum atomic E-state index is -3.04. The molecule has 0 spiro atoms. The molecule has 4 rings (SSSR count). The molecule has 0 saturated heterocycles. The van der Waals surface area contributed by atoms with Crippen LogP contribution in [0, 0.1) is 0 Å². The molecule has 3 heterocycles. The van der Waals surface area contributed by atoms with E-state index in [0.717, 1.165) is 22.2 Å². The summed E-state index contributed by atoms with van der Waals surface area (Å²) in [5.74, 6) is -2.67. The molecule has 1 aliphatic heterocycles. The molecule has 1 aliphatic rings. The highest BCUT2D eigenvalue weighted by Gasteiger charge is 2.30. The number of nitrogens with zero attached hydrogens (tertiary/aromatic N) is 3. The molecule has 126 valence electrons. The van der Waals surface area contributed by atoms with Crippen LogP contribution in [0.3, 0.4) is 0 Å². The number of ether oxygens (including phenoxy) is 2. The molecule has 0 amide bonds. The zero-order valence-corrected chi connectivity index (χ0v) is 12.8. The van der Waals surface area contributed by atoms with Crippen molar-refractivity contribution in [3.63, 3.8) is 0 Å². The van der Waals surface area contributed by atoms with Crippen molar-refractivity contribution >= 4 is 10.9 Å². The van der Waals surface area contributed by atoms with Gasteiger partial charge in [-0.3, -0.25) is 9.78 Å². The van der Waals surface area contributed by atoms with Crippen LogP contribution in [0.5, 0.6) is 5.75 Å². The highest BCUT2D eigenvalue weighted by atomic mass is 19.3. The van der Waals surface area contributed by atoms with Gasteiger partial charge in [0.1, 0.15) is 18.1 Å². The van der Waals surface area contributed by atoms with Crippen LogP contribution in [0.2, 0.25) is 0 Å². The standard InChI is InChI=1S/C16H16F2N4O2/c17-16(18)9-23-5-1-4-22-8-11(7-19-22)15-13-6-12(24-10-16)2-3-14(13)20-21-15/h2-3,6-8H,1,4-5,9-10H2,(H,20,21). The van der Waals surface area contributed by atoms with Crippen molar-refractivity contribution in [2.45, 2.75) is 18.9 Å². The SMILES string of the molecule is FC1(F)COCCCn2cc(cn2)-c2n[nH]c3ccc(cc23)OC1. The van der Waals surface area contributed by atoms with E-state index in [9.17, 15) is 8.78 Å². The van der Waals surface area contributed by atoms with Gasteiger partial charge in [0, 0.05) is 30.3 Å². The number of nitrogens with one attached hydrogen (secondary N) is 1. The Labute approximate surface area is 136 Å². The highest BCUT2D eigenvalue weighted by Crippen LogP contribution is 2.29. The van der Waals surface area contributed by atoms with Crippen LogP contribution in [-0.2, 0) is 11.3 Å². The minimum Gasteiger partial charge on any atom is -0.487 e. The van der Waals surface area contributed by atoms with Crippen molar-refractivity contribution in [3.05, 3.63) is 30.6 Å². The molecule has 4 bridgehead atoms. The Hall–Kier alpha value is -2.48. The van der Waals surface area contributed by atoms with E-state index in [2.05, 4.69) is 15.3 Å². The van der Waals surface area contributed by atoms with Crippen molar-refractivity contribution in [1.29, 1.82) is 0 Å². The topological polar surface area (TPSA) is 65.0 Å². The van der Waals surface area contributed by atoms with Gasteiger partial charge in [-0.25, -0.2) is 8.78 Å². The molecule has 24 heavy (non-hydrogen) atoms. The average molecular weight is 334 g/mol. The number of benzene rings is 1. The number of fused-ring (bicyclic) bond motifs is 4. The molecular weight excluding hydrogens is 318 g/mol. The molecule has 6 nitrogen and oxygen atoms in total. The third-order valence-corrected chi connectivity index (χ3v) is 3.88. The lowest BCUT2D eigenvalue weighted by Gasteiger charge is -2.17. The van der Waals surface area contributed by atoms with Gasteiger partial charge < -0.3 is 9.47 Å². The Kier molecular flexibility index (Phi) is 3.68. The van der Waals surface area contributed by atoms with E-state index in [4.69, 9.17) is 9.47 Å². The van der Waals surface area contributed by atoms with E-state index in [0.29, 0.717) is 18.7 Å². The predicted octanol–water partition coefficient (Wildman–Crippen LogP) is 2.86. The summed E-state index contributed by atoms with van der Waals surface area (Å²) in [5, 5.41) is 12.4. The van der Waals surface area contributed by atoms with Crippen LogP contribution >= 0.6 is 0 Å². The highest BCUT2D eigenvalue weighted by molar-refractivity contribution is 5.93. The maximum absolute atomic E-state index is 13.8. The Morgan fingerprint density at radius 1 is 1.25 bits per heavy atom. The number of aromatic amines is 1. The van der Waals surface area contributed by atoms with Crippen LogP contribution in [-0.4, -0.2) is 45.7 Å². The van der Waals surface area contributed by atoms with E-state index in [1.54, 1.807) is 29.1 Å². The second-order valence-electron chi connectivity index (χ2n) is 5.82. The number of hydrogen-bond acceptors (Lipinski definition) is 4. The minimum absolute atomic E-state index is 0.241. The van der Waals surface area contributed by atoms with Gasteiger partial charge >= 0.3 is 5.92 Å². The van der Waals surface area contributed by atoms with Gasteiger partial charge in [-0.2, -0.15) is 10.2 Å². The summed E-state index contributed by atoms with van der Waals surface area (Å²) in [5.41, 5.74) is 2.39. The van der Waals surface area contributed by atoms with Crippen LogP contribution in [0.1, 0.15) is 6.42 Å². The Balaban J connectivity index is 1.74. The van der Waals surface area contributed by atoms with E-state index < -0.39 is 19.1 Å². The molecule has 0 fully saturated rings. The Morgan fingerprint density at radius 3 is 3.08 bits per heavy atom. The first kappa shape index (κ1) is 15.1. The zero-order chi connectivity index (χ0) is 16.6. The first-order chi connectivity index (χ1) is 11.6. The summed E-state index contributed by atoms with van der Waals surface area (Å²) < 4.78 is 39.7. The summed E-state index contributed by atoms with van der Waals surface area (Å²) in [6.07, 6.45) is 4.23. The molecule has 3 aromatic rings. The monoisotopic (exact) mass is 334 g/mol. The van der Waals surface area contributed by atoms with Crippen molar-refractivity contribution in [2.24, 2.45) is 0 Å². The summed E-state index contributed by atoms with van der Waals surface area (Å²) in [6, 6.07) is 5.11. The van der Waals surface area contributed by atoms with Crippen LogP contribution in [0.25, 0.3) is 22.2 Å². The number of alkyl halides is 2. The van der Waals surface area contributed by atoms with Crippen LogP contribution in [0.4, 0.5) is 8.78 Å². The van der Waals surface area contributed by atoms with Crippen LogP contribution < -0.4 is 4.74 Å². The lowest BCUT2D eigenvalue weighted by molar-refractivity contribution is -0.102. The third kappa shape index (κ3) is 2.96. The quantitative estimate of drug-likeness (QED) is 0.687. The molecular formula is C16H16F2N4O2. The predicted molar refractivity (Wildman–Crippen MR) is 83.2 cm³/mol. The molecule has 0 radical (unpaired) electrons. The van der Waals surface area contributed by atoms with Crippen LogP contribution in [0.15, 0.2) is 30.6 Å². The van der Waals surface area contributed by atoms with Crippen molar-refractivity contribution < 1.29 is 18.3 Å². The second kappa shape index (κ2) is 5.86. The number of rotatable bonds is 0. The fraction of sp³-hybridized carbons (Fsp3) is 0.375. The van der Waals surface area contributed by atoms with Gasteiger partial charge in [0.05, 0.1) is 11.7 Å².